The third-order valence-corrected chi connectivity index (χ3v) is 5.68. The molecule has 3 N–H and O–H groups in total. The maximum absolute atomic E-state index is 11.7. The van der Waals surface area contributed by atoms with Crippen LogP contribution in [0.1, 0.15) is 57.1 Å². The zero-order chi connectivity index (χ0) is 20.1. The lowest BCUT2D eigenvalue weighted by molar-refractivity contribution is 0.518. The van der Waals surface area contributed by atoms with Crippen molar-refractivity contribution >= 4 is 40.0 Å². The van der Waals surface area contributed by atoms with Crippen molar-refractivity contribution in [2.24, 2.45) is 10.9 Å². The Hall–Kier alpha value is -0.870. The van der Waals surface area contributed by atoms with E-state index in [4.69, 9.17) is 0 Å². The molecule has 162 valence electrons. The fraction of sp³-hybridized carbons (Fsp3) is 0.650. The van der Waals surface area contributed by atoms with E-state index in [0.717, 1.165) is 36.0 Å². The highest BCUT2D eigenvalue weighted by atomic mass is 127. The summed E-state index contributed by atoms with van der Waals surface area (Å²) in [5.41, 5.74) is 1.79. The standard InChI is InChI=1S/C20H36N4O2S.HI/c1-17(2)10-7-5-6-8-13-23-20(21-3)24-15-18-11-9-12-19(14-18)16-27(25,26)22-4;/h9,11-12,14,17,22H,5-8,10,13,15-16H2,1-4H3,(H2,21,23,24);1H. The summed E-state index contributed by atoms with van der Waals surface area (Å²) in [4.78, 5) is 4.24. The zero-order valence-corrected chi connectivity index (χ0v) is 20.8. The van der Waals surface area contributed by atoms with E-state index >= 15 is 0 Å². The highest BCUT2D eigenvalue weighted by molar-refractivity contribution is 14.0. The number of guanidine groups is 1. The molecule has 0 fully saturated rings. The molecule has 1 aromatic carbocycles. The van der Waals surface area contributed by atoms with Gasteiger partial charge in [0.05, 0.1) is 5.75 Å². The maximum Gasteiger partial charge on any atom is 0.215 e. The number of rotatable bonds is 12. The molecule has 1 aromatic rings. The van der Waals surface area contributed by atoms with Crippen LogP contribution in [0.25, 0.3) is 0 Å². The molecule has 0 atom stereocenters. The SMILES string of the molecule is CN=C(NCCCCCCC(C)C)NCc1cccc(CS(=O)(=O)NC)c1.I. The van der Waals surface area contributed by atoms with Crippen LogP contribution in [0, 0.1) is 5.92 Å². The van der Waals surface area contributed by atoms with Gasteiger partial charge >= 0.3 is 0 Å². The fourth-order valence-electron chi connectivity index (χ4n) is 2.77. The normalized spacial score (nSPS) is 12.0. The molecule has 0 aliphatic rings. The number of halogens is 1. The van der Waals surface area contributed by atoms with E-state index in [-0.39, 0.29) is 29.7 Å². The van der Waals surface area contributed by atoms with Gasteiger partial charge in [-0.05, 0) is 30.5 Å². The molecule has 8 heteroatoms. The Bertz CT molecular complexity index is 679. The van der Waals surface area contributed by atoms with Gasteiger partial charge in [-0.1, -0.05) is 63.8 Å². The monoisotopic (exact) mass is 524 g/mol. The number of nitrogens with zero attached hydrogens (tertiary/aromatic N) is 1. The lowest BCUT2D eigenvalue weighted by atomic mass is 10.0. The van der Waals surface area contributed by atoms with E-state index in [1.807, 2.05) is 24.3 Å². The van der Waals surface area contributed by atoms with Crippen LogP contribution < -0.4 is 15.4 Å². The Morgan fingerprint density at radius 3 is 2.39 bits per heavy atom. The number of nitrogens with one attached hydrogen (secondary N) is 3. The highest BCUT2D eigenvalue weighted by Crippen LogP contribution is 2.09. The molecule has 0 amide bonds. The summed E-state index contributed by atoms with van der Waals surface area (Å²) in [6.45, 7) is 6.04. The fourth-order valence-corrected chi connectivity index (χ4v) is 3.53. The Labute approximate surface area is 188 Å². The van der Waals surface area contributed by atoms with Crippen molar-refractivity contribution in [3.05, 3.63) is 35.4 Å². The lowest BCUT2D eigenvalue weighted by Crippen LogP contribution is -2.37. The number of hydrogen-bond donors (Lipinski definition) is 3. The molecule has 0 aromatic heterocycles. The smallest absolute Gasteiger partial charge is 0.215 e. The first-order valence-electron chi connectivity index (χ1n) is 9.80. The number of unbranched alkanes of at least 4 members (excludes halogenated alkanes) is 3. The van der Waals surface area contributed by atoms with Crippen LogP contribution in [-0.4, -0.2) is 35.0 Å². The molecule has 0 radical (unpaired) electrons. The Kier molecular flexibility index (Phi) is 14.6. The Balaban J connectivity index is 0.00000729. The second kappa shape index (κ2) is 15.0. The van der Waals surface area contributed by atoms with Crippen molar-refractivity contribution in [2.75, 3.05) is 20.6 Å². The number of aliphatic imine (C=N–C) groups is 1. The van der Waals surface area contributed by atoms with Gasteiger partial charge in [-0.15, -0.1) is 24.0 Å². The van der Waals surface area contributed by atoms with E-state index in [2.05, 4.69) is 34.2 Å². The first-order valence-corrected chi connectivity index (χ1v) is 11.4. The molecule has 6 nitrogen and oxygen atoms in total. The Morgan fingerprint density at radius 1 is 1.07 bits per heavy atom. The molecule has 1 rings (SSSR count). The number of hydrogen-bond acceptors (Lipinski definition) is 3. The average Bonchev–Trinajstić information content (AvgIpc) is 2.63. The van der Waals surface area contributed by atoms with Crippen LogP contribution >= 0.6 is 24.0 Å². The molecule has 0 aliphatic carbocycles. The van der Waals surface area contributed by atoms with Crippen molar-refractivity contribution < 1.29 is 8.42 Å². The van der Waals surface area contributed by atoms with Gasteiger partial charge in [-0.2, -0.15) is 0 Å². The summed E-state index contributed by atoms with van der Waals surface area (Å²) in [5.74, 6) is 1.55. The number of benzene rings is 1. The van der Waals surface area contributed by atoms with Crippen LogP contribution in [-0.2, 0) is 22.3 Å². The lowest BCUT2D eigenvalue weighted by Gasteiger charge is -2.13. The summed E-state index contributed by atoms with van der Waals surface area (Å²) in [6, 6.07) is 7.59. The zero-order valence-electron chi connectivity index (χ0n) is 17.6. The second-order valence-electron chi connectivity index (χ2n) is 7.23. The molecule has 0 spiro atoms. The molecule has 0 saturated carbocycles. The van der Waals surface area contributed by atoms with Crippen LogP contribution in [0.15, 0.2) is 29.3 Å². The largest absolute Gasteiger partial charge is 0.356 e. The first kappa shape index (κ1) is 27.1. The van der Waals surface area contributed by atoms with Gasteiger partial charge in [0.1, 0.15) is 0 Å². The predicted molar refractivity (Wildman–Crippen MR) is 130 cm³/mol. The second-order valence-corrected chi connectivity index (χ2v) is 9.16. The van der Waals surface area contributed by atoms with Crippen molar-refractivity contribution in [2.45, 2.75) is 58.2 Å². The minimum Gasteiger partial charge on any atom is -0.356 e. The van der Waals surface area contributed by atoms with Gasteiger partial charge in [0.25, 0.3) is 0 Å². The van der Waals surface area contributed by atoms with E-state index in [1.165, 1.54) is 32.7 Å². The van der Waals surface area contributed by atoms with Crippen LogP contribution in [0.3, 0.4) is 0 Å². The van der Waals surface area contributed by atoms with E-state index < -0.39 is 10.0 Å². The van der Waals surface area contributed by atoms with Crippen molar-refractivity contribution in [3.8, 4) is 0 Å². The third-order valence-electron chi connectivity index (χ3n) is 4.34. The van der Waals surface area contributed by atoms with Crippen LogP contribution in [0.5, 0.6) is 0 Å². The van der Waals surface area contributed by atoms with Gasteiger partial charge in [0.15, 0.2) is 5.96 Å². The summed E-state index contributed by atoms with van der Waals surface area (Å²) in [7, 11) is -0.0693. The summed E-state index contributed by atoms with van der Waals surface area (Å²) >= 11 is 0. The molecule has 28 heavy (non-hydrogen) atoms. The summed E-state index contributed by atoms with van der Waals surface area (Å²) < 4.78 is 25.7. The molecule has 0 aliphatic heterocycles. The van der Waals surface area contributed by atoms with Crippen LogP contribution in [0.2, 0.25) is 0 Å². The molecule has 0 saturated heterocycles. The molecular weight excluding hydrogens is 487 g/mol. The van der Waals surface area contributed by atoms with Gasteiger partial charge in [-0.3, -0.25) is 4.99 Å². The van der Waals surface area contributed by atoms with Crippen molar-refractivity contribution in [1.82, 2.24) is 15.4 Å². The molecule has 0 unspecified atom stereocenters. The molecule has 0 heterocycles. The molecule has 0 bridgehead atoms. The van der Waals surface area contributed by atoms with Gasteiger partial charge < -0.3 is 10.6 Å². The van der Waals surface area contributed by atoms with Gasteiger partial charge in [0.2, 0.25) is 10.0 Å². The van der Waals surface area contributed by atoms with Crippen LogP contribution in [0.4, 0.5) is 0 Å². The minimum atomic E-state index is -3.26. The third kappa shape index (κ3) is 12.6. The van der Waals surface area contributed by atoms with Gasteiger partial charge in [0, 0.05) is 20.1 Å². The average molecular weight is 525 g/mol. The van der Waals surface area contributed by atoms with E-state index in [0.29, 0.717) is 6.54 Å². The van der Waals surface area contributed by atoms with Crippen molar-refractivity contribution in [1.29, 1.82) is 0 Å². The van der Waals surface area contributed by atoms with Gasteiger partial charge in [-0.25, -0.2) is 13.1 Å². The van der Waals surface area contributed by atoms with Crippen molar-refractivity contribution in [3.63, 3.8) is 0 Å². The maximum atomic E-state index is 11.7. The molecular formula is C20H37IN4O2S. The Morgan fingerprint density at radius 2 is 1.75 bits per heavy atom. The quantitative estimate of drug-likeness (QED) is 0.169. The topological polar surface area (TPSA) is 82.6 Å². The summed E-state index contributed by atoms with van der Waals surface area (Å²) in [6.07, 6.45) is 6.28. The van der Waals surface area contributed by atoms with E-state index in [9.17, 15) is 8.42 Å². The minimum absolute atomic E-state index is 0. The van der Waals surface area contributed by atoms with E-state index in [1.54, 1.807) is 7.05 Å². The number of sulfonamides is 1. The highest BCUT2D eigenvalue weighted by Gasteiger charge is 2.09. The summed E-state index contributed by atoms with van der Waals surface area (Å²) in [5, 5.41) is 6.61. The predicted octanol–water partition coefficient (Wildman–Crippen LogP) is 3.63. The first-order chi connectivity index (χ1) is 12.9.